The quantitative estimate of drug-likeness (QED) is 0.111. The van der Waals surface area contributed by atoms with Gasteiger partial charge in [0.2, 0.25) is 11.8 Å². The number of rotatable bonds is 17. The maximum atomic E-state index is 6.15. The minimum absolute atomic E-state index is 0.00820. The standard InChI is InChI=1S/C46H64N2O.C2H6/c1-11-16-18-32(6)30-46(31-33(13-3)19-17-12-2)40-28-36(24-26-38(40)39-27-25-37(29-41(39)46)44(7,8)14-4)34-20-22-35(23-21-34)42-47-48-43(49-42)45(9,10)15-5;1-2/h20-29,32-33H,11-19,30-31H2,1-10H3;1-2H3. The van der Waals surface area contributed by atoms with Gasteiger partial charge in [-0.3, -0.25) is 0 Å². The average molecular weight is 691 g/mol. The molecular weight excluding hydrogens is 621 g/mol. The summed E-state index contributed by atoms with van der Waals surface area (Å²) >= 11 is 0. The van der Waals surface area contributed by atoms with Crippen molar-refractivity contribution in [3.63, 3.8) is 0 Å². The fraction of sp³-hybridized carbons (Fsp3) is 0.583. The van der Waals surface area contributed by atoms with Gasteiger partial charge >= 0.3 is 0 Å². The summed E-state index contributed by atoms with van der Waals surface area (Å²) in [6.07, 6.45) is 13.5. The maximum Gasteiger partial charge on any atom is 0.247 e. The SMILES string of the molecule is CC.CCCCC(C)CC1(CC(CC)CCCC)c2cc(-c3ccc(-c4nnc(C(C)(C)CC)o4)cc3)ccc2-c2ccc(C(C)(C)CC)cc21. The molecule has 278 valence electrons. The summed E-state index contributed by atoms with van der Waals surface area (Å²) in [6, 6.07) is 23.6. The number of fused-ring (bicyclic) bond motifs is 3. The van der Waals surface area contributed by atoms with Gasteiger partial charge in [-0.1, -0.05) is 170 Å². The fourth-order valence-electron chi connectivity index (χ4n) is 8.08. The predicted molar refractivity (Wildman–Crippen MR) is 221 cm³/mol. The van der Waals surface area contributed by atoms with Crippen molar-refractivity contribution in [2.24, 2.45) is 11.8 Å². The third kappa shape index (κ3) is 8.72. The van der Waals surface area contributed by atoms with E-state index in [1.54, 1.807) is 11.1 Å². The number of aromatic nitrogens is 2. The summed E-state index contributed by atoms with van der Waals surface area (Å²) in [5, 5.41) is 8.80. The molecule has 3 atom stereocenters. The van der Waals surface area contributed by atoms with Gasteiger partial charge in [-0.05, 0) is 100 Å². The van der Waals surface area contributed by atoms with Crippen LogP contribution >= 0.6 is 0 Å². The molecule has 0 bridgehead atoms. The van der Waals surface area contributed by atoms with Gasteiger partial charge in [-0.2, -0.15) is 0 Å². The number of unbranched alkanes of at least 4 members (excludes halogenated alkanes) is 2. The van der Waals surface area contributed by atoms with Crippen LogP contribution in [-0.2, 0) is 16.2 Å². The van der Waals surface area contributed by atoms with Crippen LogP contribution in [0.1, 0.15) is 176 Å². The zero-order valence-corrected chi connectivity index (χ0v) is 34.5. The molecule has 1 aliphatic rings. The molecule has 0 aliphatic heterocycles. The van der Waals surface area contributed by atoms with Gasteiger partial charge < -0.3 is 4.42 Å². The van der Waals surface area contributed by atoms with Crippen LogP contribution in [0, 0.1) is 11.8 Å². The molecule has 0 N–H and O–H groups in total. The van der Waals surface area contributed by atoms with Crippen molar-refractivity contribution in [2.75, 3.05) is 0 Å². The van der Waals surface area contributed by atoms with Crippen molar-refractivity contribution in [1.29, 1.82) is 0 Å². The third-order valence-corrected chi connectivity index (χ3v) is 12.3. The first-order chi connectivity index (χ1) is 24.4. The lowest BCUT2D eigenvalue weighted by Crippen LogP contribution is -2.31. The van der Waals surface area contributed by atoms with E-state index in [2.05, 4.69) is 140 Å². The molecule has 1 heterocycles. The highest BCUT2D eigenvalue weighted by Crippen LogP contribution is 2.57. The lowest BCUT2D eigenvalue weighted by atomic mass is 9.65. The molecule has 0 radical (unpaired) electrons. The molecule has 0 spiro atoms. The maximum absolute atomic E-state index is 6.15. The van der Waals surface area contributed by atoms with Crippen LogP contribution in [0.5, 0.6) is 0 Å². The highest BCUT2D eigenvalue weighted by Gasteiger charge is 2.45. The van der Waals surface area contributed by atoms with Gasteiger partial charge in [0, 0.05) is 16.4 Å². The first-order valence-electron chi connectivity index (χ1n) is 20.7. The monoisotopic (exact) mass is 691 g/mol. The van der Waals surface area contributed by atoms with E-state index in [-0.39, 0.29) is 16.2 Å². The Balaban J connectivity index is 0.00000286. The van der Waals surface area contributed by atoms with E-state index in [1.165, 1.54) is 85.6 Å². The second-order valence-electron chi connectivity index (χ2n) is 16.6. The summed E-state index contributed by atoms with van der Waals surface area (Å²) in [5.41, 5.74) is 11.0. The van der Waals surface area contributed by atoms with Crippen LogP contribution in [-0.4, -0.2) is 10.2 Å². The highest BCUT2D eigenvalue weighted by molar-refractivity contribution is 5.84. The Hall–Kier alpha value is -3.20. The largest absolute Gasteiger partial charge is 0.420 e. The number of hydrogen-bond acceptors (Lipinski definition) is 3. The smallest absolute Gasteiger partial charge is 0.247 e. The first-order valence-corrected chi connectivity index (χ1v) is 20.7. The minimum Gasteiger partial charge on any atom is -0.420 e. The number of hydrogen-bond donors (Lipinski definition) is 0. The van der Waals surface area contributed by atoms with E-state index < -0.39 is 0 Å². The Morgan fingerprint density at radius 1 is 0.647 bits per heavy atom. The van der Waals surface area contributed by atoms with E-state index >= 15 is 0 Å². The van der Waals surface area contributed by atoms with Gasteiger partial charge in [0.1, 0.15) is 0 Å². The second kappa shape index (κ2) is 17.5. The van der Waals surface area contributed by atoms with Crippen molar-refractivity contribution < 1.29 is 4.42 Å². The second-order valence-corrected chi connectivity index (χ2v) is 16.6. The normalized spacial score (nSPS) is 16.6. The Kier molecular flexibility index (Phi) is 14.0. The van der Waals surface area contributed by atoms with E-state index in [1.807, 2.05) is 13.8 Å². The van der Waals surface area contributed by atoms with Crippen LogP contribution in [0.15, 0.2) is 65.1 Å². The molecule has 3 heteroatoms. The van der Waals surface area contributed by atoms with Crippen LogP contribution in [0.2, 0.25) is 0 Å². The van der Waals surface area contributed by atoms with Crippen LogP contribution in [0.4, 0.5) is 0 Å². The van der Waals surface area contributed by atoms with E-state index in [0.29, 0.717) is 23.6 Å². The lowest BCUT2D eigenvalue weighted by Gasteiger charge is -2.39. The first kappa shape index (κ1) is 40.6. The van der Waals surface area contributed by atoms with Crippen molar-refractivity contribution in [3.8, 4) is 33.7 Å². The van der Waals surface area contributed by atoms with Crippen LogP contribution in [0.3, 0.4) is 0 Å². The molecule has 1 aromatic heterocycles. The minimum atomic E-state index is -0.131. The Morgan fingerprint density at radius 3 is 1.82 bits per heavy atom. The van der Waals surface area contributed by atoms with Crippen molar-refractivity contribution >= 4 is 0 Å². The zero-order chi connectivity index (χ0) is 37.4. The molecule has 1 aliphatic carbocycles. The molecule has 3 unspecified atom stereocenters. The summed E-state index contributed by atoms with van der Waals surface area (Å²) in [5.74, 6) is 2.66. The summed E-state index contributed by atoms with van der Waals surface area (Å²) < 4.78 is 6.15. The third-order valence-electron chi connectivity index (χ3n) is 12.3. The summed E-state index contributed by atoms with van der Waals surface area (Å²) in [4.78, 5) is 0. The zero-order valence-electron chi connectivity index (χ0n) is 34.5. The number of nitrogens with zero attached hydrogens (tertiary/aromatic N) is 2. The summed E-state index contributed by atoms with van der Waals surface area (Å²) in [7, 11) is 0. The molecule has 0 amide bonds. The Morgan fingerprint density at radius 2 is 1.22 bits per heavy atom. The number of benzene rings is 3. The van der Waals surface area contributed by atoms with Crippen molar-refractivity contribution in [1.82, 2.24) is 10.2 Å². The van der Waals surface area contributed by atoms with E-state index in [0.717, 1.165) is 18.4 Å². The van der Waals surface area contributed by atoms with E-state index in [9.17, 15) is 0 Å². The van der Waals surface area contributed by atoms with Gasteiger partial charge in [-0.15, -0.1) is 10.2 Å². The van der Waals surface area contributed by atoms with Crippen LogP contribution in [0.25, 0.3) is 33.7 Å². The molecular formula is C48H70N2O. The fourth-order valence-corrected chi connectivity index (χ4v) is 8.08. The molecule has 5 rings (SSSR count). The van der Waals surface area contributed by atoms with Crippen molar-refractivity contribution in [3.05, 3.63) is 83.2 Å². The topological polar surface area (TPSA) is 38.9 Å². The lowest BCUT2D eigenvalue weighted by molar-refractivity contribution is 0.278. The molecule has 3 nitrogen and oxygen atoms in total. The molecule has 4 aromatic rings. The van der Waals surface area contributed by atoms with Crippen LogP contribution < -0.4 is 0 Å². The van der Waals surface area contributed by atoms with Gasteiger partial charge in [0.15, 0.2) is 0 Å². The predicted octanol–water partition coefficient (Wildman–Crippen LogP) is 14.9. The molecule has 51 heavy (non-hydrogen) atoms. The van der Waals surface area contributed by atoms with Crippen molar-refractivity contribution in [2.45, 2.75) is 170 Å². The van der Waals surface area contributed by atoms with Gasteiger partial charge in [-0.25, -0.2) is 0 Å². The van der Waals surface area contributed by atoms with Gasteiger partial charge in [0.05, 0.1) is 0 Å². The summed E-state index contributed by atoms with van der Waals surface area (Å²) in [6.45, 7) is 27.3. The molecule has 0 fully saturated rings. The molecule has 0 saturated carbocycles. The Labute approximate surface area is 312 Å². The van der Waals surface area contributed by atoms with E-state index in [4.69, 9.17) is 4.42 Å². The van der Waals surface area contributed by atoms with Gasteiger partial charge in [0.25, 0.3) is 0 Å². The Bertz CT molecular complexity index is 1680. The highest BCUT2D eigenvalue weighted by atomic mass is 16.4. The molecule has 3 aromatic carbocycles. The molecule has 0 saturated heterocycles. The average Bonchev–Trinajstić information content (AvgIpc) is 3.76.